The molecule has 1 aromatic carbocycles. The fourth-order valence-electron chi connectivity index (χ4n) is 1.55. The topological polar surface area (TPSA) is 84.6 Å². The number of phenolic OH excluding ortho intramolecular Hbond substituents is 1. The number of thiophene rings is 1. The molecule has 5 nitrogen and oxygen atoms in total. The van der Waals surface area contributed by atoms with E-state index in [2.05, 4.69) is 5.32 Å². The largest absolute Gasteiger partial charge is 0.508 e. The number of nitrogens with two attached hydrogens (primary N) is 1. The van der Waals surface area contributed by atoms with Crippen LogP contribution in [0.25, 0.3) is 0 Å². The van der Waals surface area contributed by atoms with Crippen LogP contribution in [0.1, 0.15) is 15.2 Å². The van der Waals surface area contributed by atoms with Crippen molar-refractivity contribution in [3.05, 3.63) is 40.1 Å². The SMILES string of the molecule is COc1csc(C(=O)NCc2cc(N)ccc2O)c1. The molecule has 6 heteroatoms. The van der Waals surface area contributed by atoms with Crippen LogP contribution in [0, 0.1) is 0 Å². The Balaban J connectivity index is 2.02. The molecule has 2 rings (SSSR count). The first kappa shape index (κ1) is 13.2. The molecule has 1 aromatic heterocycles. The Morgan fingerprint density at radius 3 is 2.95 bits per heavy atom. The molecular formula is C13H14N2O3S. The van der Waals surface area contributed by atoms with Gasteiger partial charge in [-0.3, -0.25) is 4.79 Å². The average molecular weight is 278 g/mol. The quantitative estimate of drug-likeness (QED) is 0.589. The number of nitrogens with one attached hydrogen (secondary N) is 1. The zero-order valence-electron chi connectivity index (χ0n) is 10.3. The van der Waals surface area contributed by atoms with Gasteiger partial charge < -0.3 is 20.9 Å². The third kappa shape index (κ3) is 3.17. The van der Waals surface area contributed by atoms with E-state index in [0.29, 0.717) is 21.9 Å². The zero-order chi connectivity index (χ0) is 13.8. The molecule has 4 N–H and O–H groups in total. The lowest BCUT2D eigenvalue weighted by Gasteiger charge is -2.07. The monoisotopic (exact) mass is 278 g/mol. The maximum absolute atomic E-state index is 11.9. The minimum atomic E-state index is -0.213. The minimum absolute atomic E-state index is 0.110. The summed E-state index contributed by atoms with van der Waals surface area (Å²) in [6.07, 6.45) is 0. The Hall–Kier alpha value is -2.21. The van der Waals surface area contributed by atoms with Gasteiger partial charge in [0.1, 0.15) is 11.5 Å². The van der Waals surface area contributed by atoms with E-state index in [0.717, 1.165) is 0 Å². The molecule has 100 valence electrons. The second kappa shape index (κ2) is 5.62. The van der Waals surface area contributed by atoms with Crippen LogP contribution in [0.4, 0.5) is 5.69 Å². The van der Waals surface area contributed by atoms with Gasteiger partial charge in [0.2, 0.25) is 0 Å². The summed E-state index contributed by atoms with van der Waals surface area (Å²) in [6.45, 7) is 0.218. The number of hydrogen-bond donors (Lipinski definition) is 3. The van der Waals surface area contributed by atoms with Crippen LogP contribution < -0.4 is 15.8 Å². The summed E-state index contributed by atoms with van der Waals surface area (Å²) in [5, 5.41) is 14.1. The summed E-state index contributed by atoms with van der Waals surface area (Å²) in [4.78, 5) is 12.4. The Morgan fingerprint density at radius 1 is 1.47 bits per heavy atom. The summed E-state index contributed by atoms with van der Waals surface area (Å²) < 4.78 is 5.02. The summed E-state index contributed by atoms with van der Waals surface area (Å²) >= 11 is 1.30. The number of carbonyl (C=O) groups is 1. The normalized spacial score (nSPS) is 10.2. The van der Waals surface area contributed by atoms with Crippen molar-refractivity contribution >= 4 is 22.9 Å². The van der Waals surface area contributed by atoms with Gasteiger partial charge in [0.05, 0.1) is 12.0 Å². The number of anilines is 1. The highest BCUT2D eigenvalue weighted by atomic mass is 32.1. The smallest absolute Gasteiger partial charge is 0.261 e. The van der Waals surface area contributed by atoms with Crippen LogP contribution in [0.5, 0.6) is 11.5 Å². The molecule has 0 unspecified atom stereocenters. The van der Waals surface area contributed by atoms with E-state index < -0.39 is 0 Å². The van der Waals surface area contributed by atoms with Crippen molar-refractivity contribution < 1.29 is 14.6 Å². The maximum atomic E-state index is 11.9. The summed E-state index contributed by atoms with van der Waals surface area (Å²) in [5.74, 6) is 0.551. The molecule has 0 bridgehead atoms. The fourth-order valence-corrected chi connectivity index (χ4v) is 2.33. The summed E-state index contributed by atoms with van der Waals surface area (Å²) in [7, 11) is 1.55. The Bertz CT molecular complexity index is 595. The predicted molar refractivity (Wildman–Crippen MR) is 74.6 cm³/mol. The average Bonchev–Trinajstić information content (AvgIpc) is 2.88. The molecule has 0 saturated heterocycles. The lowest BCUT2D eigenvalue weighted by atomic mass is 10.2. The van der Waals surface area contributed by atoms with Gasteiger partial charge in [0.25, 0.3) is 5.91 Å². The minimum Gasteiger partial charge on any atom is -0.508 e. The van der Waals surface area contributed by atoms with Crippen LogP contribution in [-0.2, 0) is 6.54 Å². The standard InChI is InChI=1S/C13H14N2O3S/c1-18-10-5-12(19-7-10)13(17)15-6-8-4-9(14)2-3-11(8)16/h2-5,7,16H,6,14H2,1H3,(H,15,17). The molecule has 0 saturated carbocycles. The first-order valence-electron chi connectivity index (χ1n) is 5.58. The van der Waals surface area contributed by atoms with E-state index in [1.165, 1.54) is 17.4 Å². The van der Waals surface area contributed by atoms with Gasteiger partial charge in [0.15, 0.2) is 0 Å². The van der Waals surface area contributed by atoms with E-state index in [1.807, 2.05) is 0 Å². The predicted octanol–water partition coefficient (Wildman–Crippen LogP) is 1.97. The number of rotatable bonds is 4. The van der Waals surface area contributed by atoms with E-state index >= 15 is 0 Å². The van der Waals surface area contributed by atoms with Crippen LogP contribution in [0.2, 0.25) is 0 Å². The second-order valence-electron chi connectivity index (χ2n) is 3.92. The molecule has 0 fully saturated rings. The molecule has 0 atom stereocenters. The molecule has 1 amide bonds. The van der Waals surface area contributed by atoms with Gasteiger partial charge in [0, 0.05) is 29.2 Å². The molecule has 0 aliphatic heterocycles. The molecule has 2 aromatic rings. The van der Waals surface area contributed by atoms with Gasteiger partial charge in [-0.2, -0.15) is 0 Å². The highest BCUT2D eigenvalue weighted by molar-refractivity contribution is 7.12. The first-order valence-corrected chi connectivity index (χ1v) is 6.46. The molecular weight excluding hydrogens is 264 g/mol. The van der Waals surface area contributed by atoms with Crippen molar-refractivity contribution in [1.82, 2.24) is 5.32 Å². The Kier molecular flexibility index (Phi) is 3.91. The number of phenols is 1. The van der Waals surface area contributed by atoms with E-state index in [9.17, 15) is 9.90 Å². The number of nitrogen functional groups attached to an aromatic ring is 1. The summed E-state index contributed by atoms with van der Waals surface area (Å²) in [5.41, 5.74) is 6.75. The Labute approximate surface area is 114 Å². The third-order valence-electron chi connectivity index (χ3n) is 2.58. The first-order chi connectivity index (χ1) is 9.10. The van der Waals surface area contributed by atoms with Gasteiger partial charge in [-0.15, -0.1) is 11.3 Å². The lowest BCUT2D eigenvalue weighted by Crippen LogP contribution is -2.21. The maximum Gasteiger partial charge on any atom is 0.261 e. The Morgan fingerprint density at radius 2 is 2.26 bits per heavy atom. The van der Waals surface area contributed by atoms with E-state index in [1.54, 1.807) is 30.7 Å². The van der Waals surface area contributed by atoms with Gasteiger partial charge in [-0.05, 0) is 18.2 Å². The van der Waals surface area contributed by atoms with Crippen molar-refractivity contribution in [3.8, 4) is 11.5 Å². The fraction of sp³-hybridized carbons (Fsp3) is 0.154. The molecule has 19 heavy (non-hydrogen) atoms. The number of methoxy groups -OCH3 is 1. The van der Waals surface area contributed by atoms with Crippen LogP contribution >= 0.6 is 11.3 Å². The van der Waals surface area contributed by atoms with Crippen molar-refractivity contribution in [2.24, 2.45) is 0 Å². The van der Waals surface area contributed by atoms with Gasteiger partial charge >= 0.3 is 0 Å². The second-order valence-corrected chi connectivity index (χ2v) is 4.83. The van der Waals surface area contributed by atoms with Gasteiger partial charge in [-0.1, -0.05) is 0 Å². The number of carbonyl (C=O) groups excluding carboxylic acids is 1. The molecule has 0 spiro atoms. The lowest BCUT2D eigenvalue weighted by molar-refractivity contribution is 0.0954. The van der Waals surface area contributed by atoms with Crippen LogP contribution in [0.15, 0.2) is 29.6 Å². The molecule has 0 radical (unpaired) electrons. The van der Waals surface area contributed by atoms with Crippen molar-refractivity contribution in [1.29, 1.82) is 0 Å². The zero-order valence-corrected chi connectivity index (χ0v) is 11.2. The number of amides is 1. The third-order valence-corrected chi connectivity index (χ3v) is 3.49. The molecule has 1 heterocycles. The van der Waals surface area contributed by atoms with Crippen LogP contribution in [-0.4, -0.2) is 18.1 Å². The number of aromatic hydroxyl groups is 1. The van der Waals surface area contributed by atoms with Gasteiger partial charge in [-0.25, -0.2) is 0 Å². The number of benzene rings is 1. The summed E-state index contributed by atoms with van der Waals surface area (Å²) in [6, 6.07) is 6.40. The van der Waals surface area contributed by atoms with Crippen molar-refractivity contribution in [2.45, 2.75) is 6.54 Å². The van der Waals surface area contributed by atoms with Crippen LogP contribution in [0.3, 0.4) is 0 Å². The molecule has 0 aliphatic rings. The number of ether oxygens (including phenoxy) is 1. The number of hydrogen-bond acceptors (Lipinski definition) is 5. The highest BCUT2D eigenvalue weighted by Crippen LogP contribution is 2.22. The van der Waals surface area contributed by atoms with Crippen molar-refractivity contribution in [3.63, 3.8) is 0 Å². The van der Waals surface area contributed by atoms with E-state index in [-0.39, 0.29) is 18.2 Å². The van der Waals surface area contributed by atoms with E-state index in [4.69, 9.17) is 10.5 Å². The molecule has 0 aliphatic carbocycles. The van der Waals surface area contributed by atoms with Crippen molar-refractivity contribution in [2.75, 3.05) is 12.8 Å². The highest BCUT2D eigenvalue weighted by Gasteiger charge is 2.10.